The van der Waals surface area contributed by atoms with Crippen molar-refractivity contribution >= 4 is 62.3 Å². The Morgan fingerprint density at radius 1 is 1.24 bits per heavy atom. The van der Waals surface area contributed by atoms with E-state index in [1.54, 1.807) is 30.3 Å². The molecular weight excluding hydrogens is 434 g/mol. The summed E-state index contributed by atoms with van der Waals surface area (Å²) in [6.45, 7) is 0. The molecule has 0 fully saturated rings. The Labute approximate surface area is 164 Å². The summed E-state index contributed by atoms with van der Waals surface area (Å²) in [5.74, 6) is -0.514. The van der Waals surface area contributed by atoms with Crippen LogP contribution in [0.5, 0.6) is 0 Å². The number of hydrogen-bond donors (Lipinski definition) is 0. The molecule has 0 saturated carbocycles. The standard InChI is InChI=1S/C14H10Cl4N2O4S/c1-25(23,24)12-10(15)13(17)19(14(18)11(12)16)9(20(21)22)7-8-5-3-2-4-6-8/h2-7,13H,1H3. The topological polar surface area (TPSA) is 80.5 Å². The number of hydrogen-bond acceptors (Lipinski definition) is 5. The second kappa shape index (κ2) is 7.55. The first kappa shape index (κ1) is 20.1. The van der Waals surface area contributed by atoms with Gasteiger partial charge in [-0.2, -0.15) is 4.90 Å². The van der Waals surface area contributed by atoms with Crippen molar-refractivity contribution in [3.63, 3.8) is 0 Å². The van der Waals surface area contributed by atoms with Gasteiger partial charge in [0.25, 0.3) is 0 Å². The molecule has 11 heteroatoms. The van der Waals surface area contributed by atoms with Gasteiger partial charge in [0.2, 0.25) is 10.7 Å². The predicted molar refractivity (Wildman–Crippen MR) is 99.3 cm³/mol. The molecule has 0 N–H and O–H groups in total. The number of alkyl halides is 1. The van der Waals surface area contributed by atoms with E-state index < -0.39 is 41.2 Å². The maximum absolute atomic E-state index is 11.9. The van der Waals surface area contributed by atoms with E-state index in [0.717, 1.165) is 11.2 Å². The summed E-state index contributed by atoms with van der Waals surface area (Å²) >= 11 is 24.3. The minimum atomic E-state index is -3.85. The third-order valence-corrected chi connectivity index (χ3v) is 6.29. The normalized spacial score (nSPS) is 19.5. The lowest BCUT2D eigenvalue weighted by Crippen LogP contribution is -2.36. The molecule has 0 aromatic heterocycles. The van der Waals surface area contributed by atoms with Crippen LogP contribution in [0.25, 0.3) is 6.08 Å². The molecule has 1 aliphatic rings. The zero-order valence-electron chi connectivity index (χ0n) is 12.5. The number of rotatable bonds is 4. The molecule has 6 nitrogen and oxygen atoms in total. The van der Waals surface area contributed by atoms with E-state index >= 15 is 0 Å². The lowest BCUT2D eigenvalue weighted by molar-refractivity contribution is -0.442. The summed E-state index contributed by atoms with van der Waals surface area (Å²) in [5.41, 5.74) is -0.908. The maximum Gasteiger partial charge on any atom is 0.326 e. The number of halogens is 4. The van der Waals surface area contributed by atoms with Crippen molar-refractivity contribution in [1.29, 1.82) is 0 Å². The number of benzene rings is 1. The van der Waals surface area contributed by atoms with Crippen LogP contribution < -0.4 is 0 Å². The molecule has 1 atom stereocenters. The van der Waals surface area contributed by atoms with Crippen LogP contribution in [0.1, 0.15) is 5.56 Å². The molecule has 1 aliphatic heterocycles. The van der Waals surface area contributed by atoms with Crippen molar-refractivity contribution in [2.75, 3.05) is 6.26 Å². The molecule has 1 aromatic carbocycles. The number of nitro groups is 1. The molecule has 2 rings (SSSR count). The van der Waals surface area contributed by atoms with Crippen molar-refractivity contribution in [3.05, 3.63) is 72.0 Å². The van der Waals surface area contributed by atoms with Crippen molar-refractivity contribution in [2.24, 2.45) is 0 Å². The van der Waals surface area contributed by atoms with E-state index in [9.17, 15) is 18.5 Å². The molecule has 0 saturated heterocycles. The molecule has 0 amide bonds. The zero-order chi connectivity index (χ0) is 18.9. The molecule has 0 spiro atoms. The van der Waals surface area contributed by atoms with Crippen LogP contribution in [0.3, 0.4) is 0 Å². The van der Waals surface area contributed by atoms with Gasteiger partial charge in [0.15, 0.2) is 9.84 Å². The van der Waals surface area contributed by atoms with Crippen LogP contribution in [-0.2, 0) is 9.84 Å². The van der Waals surface area contributed by atoms with E-state index in [1.807, 2.05) is 0 Å². The Morgan fingerprint density at radius 2 is 1.80 bits per heavy atom. The lowest BCUT2D eigenvalue weighted by atomic mass is 10.2. The molecule has 0 radical (unpaired) electrons. The Morgan fingerprint density at radius 3 is 2.28 bits per heavy atom. The Bertz CT molecular complexity index is 910. The van der Waals surface area contributed by atoms with Crippen LogP contribution in [0.15, 0.2) is 56.3 Å². The predicted octanol–water partition coefficient (Wildman–Crippen LogP) is 4.28. The quantitative estimate of drug-likeness (QED) is 0.300. The van der Waals surface area contributed by atoms with Crippen molar-refractivity contribution in [1.82, 2.24) is 4.90 Å². The molecular formula is C14H10Cl4N2O4S. The first-order valence-electron chi connectivity index (χ1n) is 6.55. The summed E-state index contributed by atoms with van der Waals surface area (Å²) in [6, 6.07) is 8.40. The summed E-state index contributed by atoms with van der Waals surface area (Å²) in [5, 5.41) is 10.3. The van der Waals surface area contributed by atoms with Crippen molar-refractivity contribution < 1.29 is 13.3 Å². The zero-order valence-corrected chi connectivity index (χ0v) is 16.3. The molecule has 0 bridgehead atoms. The van der Waals surface area contributed by atoms with Crippen LogP contribution >= 0.6 is 46.4 Å². The highest BCUT2D eigenvalue weighted by Gasteiger charge is 2.44. The lowest BCUT2D eigenvalue weighted by Gasteiger charge is -2.27. The largest absolute Gasteiger partial charge is 0.358 e. The van der Waals surface area contributed by atoms with Gasteiger partial charge in [0.1, 0.15) is 9.94 Å². The minimum absolute atomic E-state index is 0.376. The number of sulfone groups is 1. The Kier molecular flexibility index (Phi) is 6.06. The fourth-order valence-electron chi connectivity index (χ4n) is 2.09. The van der Waals surface area contributed by atoms with E-state index in [-0.39, 0.29) is 5.03 Å². The summed E-state index contributed by atoms with van der Waals surface area (Å²) in [6.07, 6.45) is 2.10. The van der Waals surface area contributed by atoms with Gasteiger partial charge >= 0.3 is 5.82 Å². The Balaban J connectivity index is 2.65. The van der Waals surface area contributed by atoms with Gasteiger partial charge in [-0.05, 0) is 22.1 Å². The van der Waals surface area contributed by atoms with Crippen molar-refractivity contribution in [2.45, 2.75) is 5.50 Å². The first-order valence-corrected chi connectivity index (χ1v) is 10.0. The van der Waals surface area contributed by atoms with Gasteiger partial charge in [-0.1, -0.05) is 65.1 Å². The van der Waals surface area contributed by atoms with Crippen molar-refractivity contribution in [3.8, 4) is 0 Å². The van der Waals surface area contributed by atoms with Gasteiger partial charge in [-0.15, -0.1) is 0 Å². The maximum atomic E-state index is 11.9. The van der Waals surface area contributed by atoms with E-state index in [0.29, 0.717) is 5.56 Å². The second-order valence-corrected chi connectivity index (χ2v) is 8.44. The van der Waals surface area contributed by atoms with Gasteiger partial charge in [-0.25, -0.2) is 8.42 Å². The number of nitrogens with zero attached hydrogens (tertiary/aromatic N) is 2. The van der Waals surface area contributed by atoms with E-state index in [2.05, 4.69) is 0 Å². The highest BCUT2D eigenvalue weighted by molar-refractivity contribution is 7.95. The highest BCUT2D eigenvalue weighted by Crippen LogP contribution is 2.43. The summed E-state index contributed by atoms with van der Waals surface area (Å²) < 4.78 is 23.7. The van der Waals surface area contributed by atoms with E-state index in [4.69, 9.17) is 46.4 Å². The van der Waals surface area contributed by atoms with Crippen LogP contribution in [0.2, 0.25) is 0 Å². The van der Waals surface area contributed by atoms with Gasteiger partial charge in [-0.3, -0.25) is 0 Å². The Hall–Kier alpha value is -1.25. The van der Waals surface area contributed by atoms with E-state index in [1.165, 1.54) is 6.08 Å². The average Bonchev–Trinajstić information content (AvgIpc) is 2.52. The van der Waals surface area contributed by atoms with Gasteiger partial charge in [0, 0.05) is 12.3 Å². The SMILES string of the molecule is CS(=O)(=O)C1=C(Cl)C(Cl)N(C(=Cc2ccccc2)[N+](=O)[O-])C(Cl)=C1Cl. The fourth-order valence-corrected chi connectivity index (χ4v) is 5.01. The number of allylic oxidation sites excluding steroid dienone is 1. The molecule has 1 aromatic rings. The molecule has 0 aliphatic carbocycles. The third kappa shape index (κ3) is 4.12. The first-order chi connectivity index (χ1) is 11.6. The second-order valence-electron chi connectivity index (χ2n) is 4.93. The average molecular weight is 444 g/mol. The van der Waals surface area contributed by atoms with Crippen LogP contribution in [0, 0.1) is 10.1 Å². The van der Waals surface area contributed by atoms with Gasteiger partial charge < -0.3 is 10.1 Å². The smallest absolute Gasteiger partial charge is 0.326 e. The third-order valence-electron chi connectivity index (χ3n) is 3.14. The molecule has 1 unspecified atom stereocenters. The molecule has 25 heavy (non-hydrogen) atoms. The fraction of sp³-hybridized carbons (Fsp3) is 0.143. The molecule has 134 valence electrons. The minimum Gasteiger partial charge on any atom is -0.358 e. The van der Waals surface area contributed by atoms with Crippen LogP contribution in [-0.4, -0.2) is 30.0 Å². The van der Waals surface area contributed by atoms with Gasteiger partial charge in [0.05, 0.1) is 5.03 Å². The monoisotopic (exact) mass is 442 g/mol. The molecule has 1 heterocycles. The summed E-state index contributed by atoms with van der Waals surface area (Å²) in [4.78, 5) is 11.2. The summed E-state index contributed by atoms with van der Waals surface area (Å²) in [7, 11) is -3.85. The highest BCUT2D eigenvalue weighted by atomic mass is 35.5. The van der Waals surface area contributed by atoms with Crippen LogP contribution in [0.4, 0.5) is 0 Å².